The quantitative estimate of drug-likeness (QED) is 0.617. The predicted molar refractivity (Wildman–Crippen MR) is 113 cm³/mol. The number of aromatic nitrogens is 2. The van der Waals surface area contributed by atoms with Gasteiger partial charge in [0.1, 0.15) is 17.3 Å². The largest absolute Gasteiger partial charge is 0.370 e. The Balaban J connectivity index is 1.83. The van der Waals surface area contributed by atoms with Crippen LogP contribution in [0.1, 0.15) is 29.9 Å². The molecule has 2 aromatic carbocycles. The van der Waals surface area contributed by atoms with E-state index < -0.39 is 0 Å². The minimum Gasteiger partial charge on any atom is -0.370 e. The number of carbonyl (C=O) groups excluding carboxylic acids is 1. The predicted octanol–water partition coefficient (Wildman–Crippen LogP) is 4.42. The van der Waals surface area contributed by atoms with Gasteiger partial charge < -0.3 is 10.2 Å². The monoisotopic (exact) mass is 392 g/mol. The first-order valence-electron chi connectivity index (χ1n) is 9.82. The van der Waals surface area contributed by atoms with Crippen LogP contribution in [-0.4, -0.2) is 40.4 Å². The summed E-state index contributed by atoms with van der Waals surface area (Å²) in [5.41, 5.74) is 2.24. The third kappa shape index (κ3) is 5.38. The molecular formula is C23H25FN4O. The number of halogens is 1. The zero-order chi connectivity index (χ0) is 20.6. The molecule has 150 valence electrons. The van der Waals surface area contributed by atoms with Crippen molar-refractivity contribution in [1.29, 1.82) is 0 Å². The summed E-state index contributed by atoms with van der Waals surface area (Å²) in [4.78, 5) is 23.7. The molecule has 0 atom stereocenters. The van der Waals surface area contributed by atoms with E-state index in [1.807, 2.05) is 44.2 Å². The van der Waals surface area contributed by atoms with Crippen molar-refractivity contribution in [2.75, 3.05) is 25.0 Å². The van der Waals surface area contributed by atoms with Crippen LogP contribution in [0.5, 0.6) is 0 Å². The third-order valence-corrected chi connectivity index (χ3v) is 4.66. The lowest BCUT2D eigenvalue weighted by Crippen LogP contribution is -2.31. The average molecular weight is 392 g/mol. The van der Waals surface area contributed by atoms with Gasteiger partial charge in [0, 0.05) is 31.3 Å². The Hall–Kier alpha value is -3.28. The van der Waals surface area contributed by atoms with Crippen molar-refractivity contribution in [2.45, 2.75) is 20.3 Å². The molecule has 0 bridgehead atoms. The number of anilines is 1. The van der Waals surface area contributed by atoms with Crippen molar-refractivity contribution in [2.24, 2.45) is 0 Å². The molecule has 1 N–H and O–H groups in total. The number of hydrogen-bond acceptors (Lipinski definition) is 4. The molecule has 0 radical (unpaired) electrons. The Morgan fingerprint density at radius 2 is 1.69 bits per heavy atom. The fourth-order valence-electron chi connectivity index (χ4n) is 3.02. The van der Waals surface area contributed by atoms with Crippen LogP contribution < -0.4 is 5.32 Å². The maximum atomic E-state index is 13.1. The molecule has 3 rings (SSSR count). The fourth-order valence-corrected chi connectivity index (χ4v) is 3.02. The van der Waals surface area contributed by atoms with Crippen molar-refractivity contribution < 1.29 is 9.18 Å². The SMILES string of the molecule is CCN(CC)C(=O)c1cc(NCCc2ccc(F)cc2)nc(-c2ccccc2)n1. The van der Waals surface area contributed by atoms with Gasteiger partial charge in [0.25, 0.3) is 5.91 Å². The Kier molecular flexibility index (Phi) is 6.89. The highest BCUT2D eigenvalue weighted by atomic mass is 19.1. The molecular weight excluding hydrogens is 367 g/mol. The summed E-state index contributed by atoms with van der Waals surface area (Å²) in [5, 5.41) is 3.27. The highest BCUT2D eigenvalue weighted by Gasteiger charge is 2.17. The lowest BCUT2D eigenvalue weighted by Gasteiger charge is -2.19. The second-order valence-electron chi connectivity index (χ2n) is 6.61. The van der Waals surface area contributed by atoms with Crippen LogP contribution in [0.25, 0.3) is 11.4 Å². The first kappa shape index (κ1) is 20.5. The molecule has 6 heteroatoms. The zero-order valence-corrected chi connectivity index (χ0v) is 16.7. The lowest BCUT2D eigenvalue weighted by molar-refractivity contribution is 0.0767. The van der Waals surface area contributed by atoms with Gasteiger partial charge in [-0.1, -0.05) is 42.5 Å². The molecule has 0 aliphatic rings. The van der Waals surface area contributed by atoms with Crippen molar-refractivity contribution in [3.05, 3.63) is 77.7 Å². The Morgan fingerprint density at radius 1 is 1.00 bits per heavy atom. The van der Waals surface area contributed by atoms with E-state index in [0.717, 1.165) is 11.1 Å². The number of rotatable bonds is 8. The van der Waals surface area contributed by atoms with E-state index >= 15 is 0 Å². The van der Waals surface area contributed by atoms with E-state index in [9.17, 15) is 9.18 Å². The van der Waals surface area contributed by atoms with Gasteiger partial charge >= 0.3 is 0 Å². The number of carbonyl (C=O) groups is 1. The van der Waals surface area contributed by atoms with Crippen LogP contribution in [0.3, 0.4) is 0 Å². The normalized spacial score (nSPS) is 10.6. The highest BCUT2D eigenvalue weighted by Crippen LogP contribution is 2.19. The van der Waals surface area contributed by atoms with Gasteiger partial charge in [-0.15, -0.1) is 0 Å². The first-order chi connectivity index (χ1) is 14.1. The third-order valence-electron chi connectivity index (χ3n) is 4.66. The highest BCUT2D eigenvalue weighted by molar-refractivity contribution is 5.93. The van der Waals surface area contributed by atoms with E-state index in [4.69, 9.17) is 0 Å². The summed E-state index contributed by atoms with van der Waals surface area (Å²) in [6.45, 7) is 5.74. The summed E-state index contributed by atoms with van der Waals surface area (Å²) < 4.78 is 13.1. The molecule has 5 nitrogen and oxygen atoms in total. The summed E-state index contributed by atoms with van der Waals surface area (Å²) >= 11 is 0. The molecule has 0 fully saturated rings. The van der Waals surface area contributed by atoms with E-state index in [0.29, 0.717) is 43.4 Å². The molecule has 1 amide bonds. The van der Waals surface area contributed by atoms with E-state index in [1.165, 1.54) is 12.1 Å². The van der Waals surface area contributed by atoms with Gasteiger partial charge in [0.05, 0.1) is 0 Å². The van der Waals surface area contributed by atoms with Gasteiger partial charge in [-0.25, -0.2) is 14.4 Å². The average Bonchev–Trinajstić information content (AvgIpc) is 2.76. The van der Waals surface area contributed by atoms with Crippen molar-refractivity contribution in [3.8, 4) is 11.4 Å². The van der Waals surface area contributed by atoms with Gasteiger partial charge in [0.15, 0.2) is 5.82 Å². The smallest absolute Gasteiger partial charge is 0.272 e. The maximum Gasteiger partial charge on any atom is 0.272 e. The molecule has 29 heavy (non-hydrogen) atoms. The van der Waals surface area contributed by atoms with Crippen LogP contribution in [-0.2, 0) is 6.42 Å². The molecule has 0 unspecified atom stereocenters. The Labute approximate surface area is 170 Å². The zero-order valence-electron chi connectivity index (χ0n) is 16.7. The number of amides is 1. The number of hydrogen-bond donors (Lipinski definition) is 1. The number of nitrogens with one attached hydrogen (secondary N) is 1. The minimum absolute atomic E-state index is 0.115. The van der Waals surface area contributed by atoms with Gasteiger partial charge in [0.2, 0.25) is 0 Å². The van der Waals surface area contributed by atoms with Crippen molar-refractivity contribution >= 4 is 11.7 Å². The maximum absolute atomic E-state index is 13.1. The molecule has 1 aromatic heterocycles. The number of nitrogens with zero attached hydrogens (tertiary/aromatic N) is 3. The standard InChI is InChI=1S/C23H25FN4O/c1-3-28(4-2)23(29)20-16-21(25-15-14-17-10-12-19(24)13-11-17)27-22(26-20)18-8-6-5-7-9-18/h5-13,16H,3-4,14-15H2,1-2H3,(H,25,26,27). The molecule has 1 heterocycles. The molecule has 0 saturated carbocycles. The van der Waals surface area contributed by atoms with Crippen LogP contribution in [0.15, 0.2) is 60.7 Å². The fraction of sp³-hybridized carbons (Fsp3) is 0.261. The number of benzene rings is 2. The molecule has 0 saturated heterocycles. The summed E-state index contributed by atoms with van der Waals surface area (Å²) in [6, 6.07) is 17.7. The van der Waals surface area contributed by atoms with E-state index in [2.05, 4.69) is 15.3 Å². The van der Waals surface area contributed by atoms with E-state index in [1.54, 1.807) is 23.1 Å². The lowest BCUT2D eigenvalue weighted by atomic mass is 10.1. The van der Waals surface area contributed by atoms with Crippen LogP contribution in [0, 0.1) is 5.82 Å². The summed E-state index contributed by atoms with van der Waals surface area (Å²) in [6.07, 6.45) is 0.713. The molecule has 0 spiro atoms. The Bertz CT molecular complexity index is 941. The van der Waals surface area contributed by atoms with E-state index in [-0.39, 0.29) is 11.7 Å². The summed E-state index contributed by atoms with van der Waals surface area (Å²) in [5.74, 6) is 0.741. The molecule has 0 aliphatic carbocycles. The van der Waals surface area contributed by atoms with Crippen LogP contribution in [0.2, 0.25) is 0 Å². The van der Waals surface area contributed by atoms with Gasteiger partial charge in [-0.3, -0.25) is 4.79 Å². The van der Waals surface area contributed by atoms with Crippen molar-refractivity contribution in [3.63, 3.8) is 0 Å². The van der Waals surface area contributed by atoms with Gasteiger partial charge in [-0.05, 0) is 38.0 Å². The minimum atomic E-state index is -0.246. The second kappa shape index (κ2) is 9.78. The van der Waals surface area contributed by atoms with Crippen LogP contribution in [0.4, 0.5) is 10.2 Å². The molecule has 0 aliphatic heterocycles. The van der Waals surface area contributed by atoms with Gasteiger partial charge in [-0.2, -0.15) is 0 Å². The molecule has 3 aromatic rings. The van der Waals surface area contributed by atoms with Crippen molar-refractivity contribution in [1.82, 2.24) is 14.9 Å². The topological polar surface area (TPSA) is 58.1 Å². The second-order valence-corrected chi connectivity index (χ2v) is 6.61. The summed E-state index contributed by atoms with van der Waals surface area (Å²) in [7, 11) is 0. The van der Waals surface area contributed by atoms with Crippen LogP contribution >= 0.6 is 0 Å². The Morgan fingerprint density at radius 3 is 2.34 bits per heavy atom. The first-order valence-corrected chi connectivity index (χ1v) is 9.82.